The minimum Gasteiger partial charge on any atom is -0.469 e. The van der Waals surface area contributed by atoms with Crippen molar-refractivity contribution >= 4 is 23.4 Å². The number of nitrogens with zero attached hydrogens (tertiary/aromatic N) is 1. The molecule has 1 unspecified atom stereocenters. The number of allylic oxidation sites excluding steroid dienone is 3. The summed E-state index contributed by atoms with van der Waals surface area (Å²) in [5.41, 5.74) is 2.89. The van der Waals surface area contributed by atoms with Crippen molar-refractivity contribution in [3.8, 4) is 0 Å². The lowest BCUT2D eigenvalue weighted by Crippen LogP contribution is -2.19. The van der Waals surface area contributed by atoms with Crippen molar-refractivity contribution in [2.24, 2.45) is 0 Å². The fourth-order valence-corrected chi connectivity index (χ4v) is 2.32. The minimum atomic E-state index is -0.112. The number of hydrogen-bond acceptors (Lipinski definition) is 3. The van der Waals surface area contributed by atoms with Gasteiger partial charge in [0.15, 0.2) is 6.79 Å². The predicted molar refractivity (Wildman–Crippen MR) is 61.6 cm³/mol. The number of ether oxygens (including phenoxy) is 2. The summed E-state index contributed by atoms with van der Waals surface area (Å²) < 4.78 is 12.3. The molecule has 0 aromatic carbocycles. The molecule has 1 atom stereocenters. The fourth-order valence-electron chi connectivity index (χ4n) is 1.90. The van der Waals surface area contributed by atoms with E-state index in [4.69, 9.17) is 32.9 Å². The highest BCUT2D eigenvalue weighted by atomic mass is 35.5. The zero-order valence-corrected chi connectivity index (χ0v) is 9.83. The van der Waals surface area contributed by atoms with Crippen LogP contribution in [0.2, 0.25) is 0 Å². The molecule has 0 spiro atoms. The first-order chi connectivity index (χ1) is 7.78. The highest BCUT2D eigenvalue weighted by Crippen LogP contribution is 2.35. The largest absolute Gasteiger partial charge is 0.469 e. The first kappa shape index (κ1) is 10.3. The van der Waals surface area contributed by atoms with Crippen molar-refractivity contribution in [2.75, 3.05) is 12.7 Å². The maximum Gasteiger partial charge on any atom is 0.189 e. The maximum absolute atomic E-state index is 6.12. The molecule has 1 saturated heterocycles. The molecular weight excluding hydrogens is 249 g/mol. The molecule has 0 amide bonds. The highest BCUT2D eigenvalue weighted by molar-refractivity contribution is 6.20. The summed E-state index contributed by atoms with van der Waals surface area (Å²) in [6.07, 6.45) is 7.59. The zero-order chi connectivity index (χ0) is 11.1. The van der Waals surface area contributed by atoms with Crippen LogP contribution in [0.25, 0.3) is 0 Å². The van der Waals surface area contributed by atoms with Crippen LogP contribution in [0, 0.1) is 0 Å². The second kappa shape index (κ2) is 3.84. The average Bonchev–Trinajstić information content (AvgIpc) is 2.73. The van der Waals surface area contributed by atoms with Gasteiger partial charge in [0.25, 0.3) is 0 Å². The van der Waals surface area contributed by atoms with Crippen molar-refractivity contribution < 1.29 is 9.47 Å². The predicted octanol–water partition coefficient (Wildman–Crippen LogP) is 2.66. The minimum absolute atomic E-state index is 0.112. The Kier molecular flexibility index (Phi) is 2.46. The molecule has 0 N–H and O–H groups in total. The average molecular weight is 258 g/mol. The van der Waals surface area contributed by atoms with Crippen molar-refractivity contribution in [3.05, 3.63) is 47.0 Å². The fraction of sp³-hybridized carbons (Fsp3) is 0.273. The summed E-state index contributed by atoms with van der Waals surface area (Å²) in [4.78, 5) is 0. The normalized spacial score (nSPS) is 27.1. The van der Waals surface area contributed by atoms with Gasteiger partial charge in [0.1, 0.15) is 11.9 Å². The molecule has 84 valence electrons. The van der Waals surface area contributed by atoms with E-state index < -0.39 is 0 Å². The van der Waals surface area contributed by atoms with E-state index in [1.165, 1.54) is 0 Å². The summed E-state index contributed by atoms with van der Waals surface area (Å²) in [6, 6.07) is 0. The van der Waals surface area contributed by atoms with Gasteiger partial charge in [-0.2, -0.15) is 0 Å². The third-order valence-electron chi connectivity index (χ3n) is 2.66. The first-order valence-corrected chi connectivity index (χ1v) is 5.77. The van der Waals surface area contributed by atoms with Crippen molar-refractivity contribution in [3.63, 3.8) is 0 Å². The molecule has 0 bridgehead atoms. The van der Waals surface area contributed by atoms with Gasteiger partial charge in [-0.25, -0.2) is 0 Å². The van der Waals surface area contributed by atoms with Crippen LogP contribution in [0.5, 0.6) is 0 Å². The molecule has 0 radical (unpaired) electrons. The van der Waals surface area contributed by atoms with E-state index in [1.54, 1.807) is 10.6 Å². The van der Waals surface area contributed by atoms with E-state index in [0.29, 0.717) is 12.7 Å². The van der Waals surface area contributed by atoms with E-state index in [1.807, 2.05) is 18.2 Å². The maximum atomic E-state index is 6.12. The van der Waals surface area contributed by atoms with Crippen LogP contribution < -0.4 is 0 Å². The van der Waals surface area contributed by atoms with E-state index in [-0.39, 0.29) is 6.10 Å². The van der Waals surface area contributed by atoms with Crippen LogP contribution in [0.15, 0.2) is 47.0 Å². The van der Waals surface area contributed by atoms with Crippen LogP contribution in [-0.4, -0.2) is 23.2 Å². The topological polar surface area (TPSA) is 21.7 Å². The van der Waals surface area contributed by atoms with Crippen molar-refractivity contribution in [1.29, 1.82) is 0 Å². The molecule has 0 aromatic rings. The van der Waals surface area contributed by atoms with Gasteiger partial charge in [0, 0.05) is 29.4 Å². The molecule has 0 aromatic heterocycles. The Labute approximate surface area is 103 Å². The van der Waals surface area contributed by atoms with Gasteiger partial charge in [0.05, 0.1) is 5.70 Å². The summed E-state index contributed by atoms with van der Waals surface area (Å²) in [5.74, 6) is 1.26. The summed E-state index contributed by atoms with van der Waals surface area (Å²) in [7, 11) is 0. The standard InChI is InChI=1S/C11H9Cl2NO2/c12-4-7-1-8-2-10-11(16-6-15-10)3-9(8)14(13)5-7/h1-3,5,11H,4,6H2. The highest BCUT2D eigenvalue weighted by Gasteiger charge is 2.29. The summed E-state index contributed by atoms with van der Waals surface area (Å²) in [5, 5.41) is 0. The van der Waals surface area contributed by atoms with Gasteiger partial charge in [-0.15, -0.1) is 11.6 Å². The van der Waals surface area contributed by atoms with Gasteiger partial charge in [-0.05, 0) is 23.8 Å². The number of hydrogen-bond donors (Lipinski definition) is 0. The van der Waals surface area contributed by atoms with E-state index in [0.717, 1.165) is 22.6 Å². The SMILES string of the molecule is ClCC1=CN(Cl)C2=CC3OCOC3=CC2=C1. The van der Waals surface area contributed by atoms with Crippen molar-refractivity contribution in [2.45, 2.75) is 6.10 Å². The van der Waals surface area contributed by atoms with Crippen LogP contribution in [0.1, 0.15) is 0 Å². The quantitative estimate of drug-likeness (QED) is 0.533. The molecule has 3 nitrogen and oxygen atoms in total. The van der Waals surface area contributed by atoms with Gasteiger partial charge in [0.2, 0.25) is 0 Å². The lowest BCUT2D eigenvalue weighted by Gasteiger charge is -2.26. The van der Waals surface area contributed by atoms with Gasteiger partial charge in [-0.1, -0.05) is 0 Å². The third-order valence-corrected chi connectivity index (χ3v) is 3.25. The number of fused-ring (bicyclic) bond motifs is 2. The number of halogens is 2. The Balaban J connectivity index is 2.02. The van der Waals surface area contributed by atoms with E-state index in [2.05, 4.69) is 0 Å². The molecule has 5 heteroatoms. The monoisotopic (exact) mass is 257 g/mol. The molecule has 3 rings (SSSR count). The third kappa shape index (κ3) is 1.56. The number of alkyl halides is 1. The zero-order valence-electron chi connectivity index (χ0n) is 8.32. The van der Waals surface area contributed by atoms with Crippen LogP contribution >= 0.6 is 23.4 Å². The molecule has 0 saturated carbocycles. The Morgan fingerprint density at radius 3 is 3.12 bits per heavy atom. The second-order valence-corrected chi connectivity index (χ2v) is 4.33. The van der Waals surface area contributed by atoms with Crippen LogP contribution in [0.4, 0.5) is 0 Å². The summed E-state index contributed by atoms with van der Waals surface area (Å²) in [6.45, 7) is 0.297. The molecule has 1 fully saturated rings. The smallest absolute Gasteiger partial charge is 0.189 e. The Hall–Kier alpha value is -0.900. The first-order valence-electron chi connectivity index (χ1n) is 4.89. The number of rotatable bonds is 1. The Morgan fingerprint density at radius 1 is 1.44 bits per heavy atom. The van der Waals surface area contributed by atoms with Gasteiger partial charge in [-0.3, -0.25) is 4.42 Å². The molecule has 3 aliphatic rings. The Bertz CT molecular complexity index is 451. The van der Waals surface area contributed by atoms with E-state index in [9.17, 15) is 0 Å². The Morgan fingerprint density at radius 2 is 2.31 bits per heavy atom. The summed E-state index contributed by atoms with van der Waals surface area (Å²) >= 11 is 11.9. The molecule has 2 heterocycles. The lowest BCUT2D eigenvalue weighted by molar-refractivity contribution is 0.0628. The van der Waals surface area contributed by atoms with Crippen LogP contribution in [0.3, 0.4) is 0 Å². The van der Waals surface area contributed by atoms with E-state index >= 15 is 0 Å². The van der Waals surface area contributed by atoms with Crippen molar-refractivity contribution in [1.82, 2.24) is 4.42 Å². The lowest BCUT2D eigenvalue weighted by atomic mass is 9.98. The molecule has 2 aliphatic heterocycles. The van der Waals surface area contributed by atoms with Gasteiger partial charge < -0.3 is 9.47 Å². The molecular formula is C11H9Cl2NO2. The molecule has 1 aliphatic carbocycles. The molecule has 16 heavy (non-hydrogen) atoms. The second-order valence-electron chi connectivity index (χ2n) is 3.70. The van der Waals surface area contributed by atoms with Crippen LogP contribution in [-0.2, 0) is 9.47 Å². The van der Waals surface area contributed by atoms with Gasteiger partial charge >= 0.3 is 0 Å².